The second kappa shape index (κ2) is 6.05. The van der Waals surface area contributed by atoms with Crippen LogP contribution in [0.5, 0.6) is 0 Å². The summed E-state index contributed by atoms with van der Waals surface area (Å²) in [5.74, 6) is 0.507. The third-order valence-electron chi connectivity index (χ3n) is 2.24. The van der Waals surface area contributed by atoms with Crippen molar-refractivity contribution in [3.63, 3.8) is 0 Å². The lowest BCUT2D eigenvalue weighted by molar-refractivity contribution is 0.0950. The molecule has 1 heterocycles. The molecule has 1 atom stereocenters. The summed E-state index contributed by atoms with van der Waals surface area (Å²) in [6.07, 6.45) is 1.01. The van der Waals surface area contributed by atoms with Crippen molar-refractivity contribution in [2.24, 2.45) is 0 Å². The summed E-state index contributed by atoms with van der Waals surface area (Å²) in [6.45, 7) is 6.62. The molecule has 5 heteroatoms. The summed E-state index contributed by atoms with van der Waals surface area (Å²) in [7, 11) is 0. The molecular weight excluding hydrogens is 204 g/mol. The monoisotopic (exact) mass is 222 g/mol. The van der Waals surface area contributed by atoms with Gasteiger partial charge < -0.3 is 10.6 Å². The third kappa shape index (κ3) is 3.49. The van der Waals surface area contributed by atoms with Gasteiger partial charge in [0.15, 0.2) is 5.69 Å². The van der Waals surface area contributed by atoms with Crippen LogP contribution in [0, 0.1) is 0 Å². The van der Waals surface area contributed by atoms with E-state index in [0.717, 1.165) is 6.42 Å². The molecule has 1 amide bonds. The summed E-state index contributed by atoms with van der Waals surface area (Å²) in [6, 6.07) is 3.79. The van der Waals surface area contributed by atoms with Crippen LogP contribution in [0.4, 0.5) is 5.82 Å². The molecule has 0 aromatic carbocycles. The van der Waals surface area contributed by atoms with E-state index in [-0.39, 0.29) is 5.91 Å². The van der Waals surface area contributed by atoms with Gasteiger partial charge in [-0.3, -0.25) is 4.79 Å². The van der Waals surface area contributed by atoms with Gasteiger partial charge in [-0.1, -0.05) is 6.92 Å². The van der Waals surface area contributed by atoms with Crippen molar-refractivity contribution in [2.45, 2.75) is 33.2 Å². The Morgan fingerprint density at radius 3 is 2.62 bits per heavy atom. The maximum absolute atomic E-state index is 11.4. The van der Waals surface area contributed by atoms with Crippen molar-refractivity contribution in [1.82, 2.24) is 15.5 Å². The molecule has 88 valence electrons. The smallest absolute Gasteiger partial charge is 0.271 e. The first kappa shape index (κ1) is 12.4. The zero-order chi connectivity index (χ0) is 12.0. The molecule has 0 aliphatic rings. The maximum atomic E-state index is 11.4. The van der Waals surface area contributed by atoms with Crippen molar-refractivity contribution in [3.8, 4) is 0 Å². The predicted molar refractivity (Wildman–Crippen MR) is 63.4 cm³/mol. The Balaban J connectivity index is 2.64. The van der Waals surface area contributed by atoms with Gasteiger partial charge in [-0.05, 0) is 32.4 Å². The number of carbonyl (C=O) groups is 1. The van der Waals surface area contributed by atoms with Gasteiger partial charge in [-0.25, -0.2) is 0 Å². The van der Waals surface area contributed by atoms with Crippen molar-refractivity contribution in [3.05, 3.63) is 17.8 Å². The molecule has 0 fully saturated rings. The largest absolute Gasteiger partial charge is 0.366 e. The molecule has 0 saturated carbocycles. The van der Waals surface area contributed by atoms with Crippen molar-refractivity contribution in [2.75, 3.05) is 11.9 Å². The summed E-state index contributed by atoms with van der Waals surface area (Å²) in [4.78, 5) is 11.4. The Kier molecular flexibility index (Phi) is 4.69. The molecule has 1 aromatic rings. The van der Waals surface area contributed by atoms with E-state index in [9.17, 15) is 4.79 Å². The molecule has 0 bridgehead atoms. The predicted octanol–water partition coefficient (Wildman–Crippen LogP) is 1.44. The SMILES string of the molecule is CCNC(=O)c1ccc(NC(C)CC)nn1. The van der Waals surface area contributed by atoms with Crippen LogP contribution >= 0.6 is 0 Å². The minimum atomic E-state index is -0.190. The Morgan fingerprint density at radius 2 is 2.12 bits per heavy atom. The quantitative estimate of drug-likeness (QED) is 0.791. The number of rotatable bonds is 5. The molecule has 1 unspecified atom stereocenters. The average Bonchev–Trinajstić information content (AvgIpc) is 2.30. The van der Waals surface area contributed by atoms with Gasteiger partial charge in [0.05, 0.1) is 0 Å². The number of nitrogens with zero attached hydrogens (tertiary/aromatic N) is 2. The van der Waals surface area contributed by atoms with Crippen LogP contribution in [0.15, 0.2) is 12.1 Å². The first-order valence-electron chi connectivity index (χ1n) is 5.55. The number of carbonyl (C=O) groups excluding carboxylic acids is 1. The molecule has 0 aliphatic heterocycles. The zero-order valence-corrected chi connectivity index (χ0v) is 9.95. The van der Waals surface area contributed by atoms with Gasteiger partial charge in [0.1, 0.15) is 5.82 Å². The Morgan fingerprint density at radius 1 is 1.38 bits per heavy atom. The molecule has 0 aliphatic carbocycles. The lowest BCUT2D eigenvalue weighted by Crippen LogP contribution is -2.24. The highest BCUT2D eigenvalue weighted by molar-refractivity contribution is 5.92. The fourth-order valence-corrected chi connectivity index (χ4v) is 1.14. The van der Waals surface area contributed by atoms with E-state index in [2.05, 4.69) is 34.7 Å². The molecule has 1 aromatic heterocycles. The molecule has 1 rings (SSSR count). The van der Waals surface area contributed by atoms with Crippen LogP contribution in [0.25, 0.3) is 0 Å². The topological polar surface area (TPSA) is 66.9 Å². The zero-order valence-electron chi connectivity index (χ0n) is 9.95. The lowest BCUT2D eigenvalue weighted by Gasteiger charge is -2.11. The molecule has 0 radical (unpaired) electrons. The third-order valence-corrected chi connectivity index (χ3v) is 2.24. The number of hydrogen-bond acceptors (Lipinski definition) is 4. The Bertz CT molecular complexity index is 336. The van der Waals surface area contributed by atoms with E-state index in [0.29, 0.717) is 24.1 Å². The normalized spacial score (nSPS) is 11.9. The fraction of sp³-hybridized carbons (Fsp3) is 0.545. The first-order chi connectivity index (χ1) is 7.67. The highest BCUT2D eigenvalue weighted by Crippen LogP contribution is 2.05. The van der Waals surface area contributed by atoms with Crippen LogP contribution in [0.2, 0.25) is 0 Å². The molecule has 0 saturated heterocycles. The average molecular weight is 222 g/mol. The number of anilines is 1. The Labute approximate surface area is 95.7 Å². The standard InChI is InChI=1S/C11H18N4O/c1-4-8(3)13-10-7-6-9(14-15-10)11(16)12-5-2/h6-8H,4-5H2,1-3H3,(H,12,16)(H,13,15). The van der Waals surface area contributed by atoms with Gasteiger partial charge in [-0.15, -0.1) is 10.2 Å². The summed E-state index contributed by atoms with van der Waals surface area (Å²) in [5, 5.41) is 13.7. The van der Waals surface area contributed by atoms with E-state index >= 15 is 0 Å². The second-order valence-electron chi connectivity index (χ2n) is 3.62. The minimum absolute atomic E-state index is 0.190. The van der Waals surface area contributed by atoms with Crippen molar-refractivity contribution in [1.29, 1.82) is 0 Å². The van der Waals surface area contributed by atoms with Gasteiger partial charge >= 0.3 is 0 Å². The highest BCUT2D eigenvalue weighted by Gasteiger charge is 2.07. The number of amides is 1. The van der Waals surface area contributed by atoms with E-state index < -0.39 is 0 Å². The van der Waals surface area contributed by atoms with Gasteiger partial charge in [0.2, 0.25) is 0 Å². The number of aromatic nitrogens is 2. The fourth-order valence-electron chi connectivity index (χ4n) is 1.14. The van der Waals surface area contributed by atoms with E-state index in [4.69, 9.17) is 0 Å². The molecular formula is C11H18N4O. The van der Waals surface area contributed by atoms with Crippen LogP contribution in [0.1, 0.15) is 37.7 Å². The maximum Gasteiger partial charge on any atom is 0.271 e. The van der Waals surface area contributed by atoms with E-state index in [1.54, 1.807) is 12.1 Å². The summed E-state index contributed by atoms with van der Waals surface area (Å²) < 4.78 is 0. The van der Waals surface area contributed by atoms with Crippen LogP contribution in [0.3, 0.4) is 0 Å². The number of hydrogen-bond donors (Lipinski definition) is 2. The highest BCUT2D eigenvalue weighted by atomic mass is 16.1. The van der Waals surface area contributed by atoms with Gasteiger partial charge in [-0.2, -0.15) is 0 Å². The first-order valence-corrected chi connectivity index (χ1v) is 5.55. The molecule has 2 N–H and O–H groups in total. The van der Waals surface area contributed by atoms with E-state index in [1.165, 1.54) is 0 Å². The molecule has 5 nitrogen and oxygen atoms in total. The molecule has 16 heavy (non-hydrogen) atoms. The van der Waals surface area contributed by atoms with Gasteiger partial charge in [0.25, 0.3) is 5.91 Å². The lowest BCUT2D eigenvalue weighted by atomic mass is 10.2. The van der Waals surface area contributed by atoms with Gasteiger partial charge in [0, 0.05) is 12.6 Å². The molecule has 0 spiro atoms. The van der Waals surface area contributed by atoms with Crippen molar-refractivity contribution < 1.29 is 4.79 Å². The van der Waals surface area contributed by atoms with Crippen LogP contribution in [-0.2, 0) is 0 Å². The summed E-state index contributed by atoms with van der Waals surface area (Å²) >= 11 is 0. The van der Waals surface area contributed by atoms with Crippen LogP contribution in [-0.4, -0.2) is 28.7 Å². The van der Waals surface area contributed by atoms with E-state index in [1.807, 2.05) is 6.92 Å². The number of nitrogens with one attached hydrogen (secondary N) is 2. The minimum Gasteiger partial charge on any atom is -0.366 e. The van der Waals surface area contributed by atoms with Crippen molar-refractivity contribution >= 4 is 11.7 Å². The summed E-state index contributed by atoms with van der Waals surface area (Å²) in [5.41, 5.74) is 0.344. The Hall–Kier alpha value is -1.65. The van der Waals surface area contributed by atoms with Crippen LogP contribution < -0.4 is 10.6 Å². The second-order valence-corrected chi connectivity index (χ2v) is 3.62.